The zero-order chi connectivity index (χ0) is 12.1. The second-order valence-corrected chi connectivity index (χ2v) is 4.82. The van der Waals surface area contributed by atoms with Crippen molar-refractivity contribution >= 4 is 11.5 Å². The molecule has 1 aliphatic rings. The summed E-state index contributed by atoms with van der Waals surface area (Å²) in [6.45, 7) is 2.89. The minimum Gasteiger partial charge on any atom is -0.496 e. The average Bonchev–Trinajstić information content (AvgIpc) is 2.81. The summed E-state index contributed by atoms with van der Waals surface area (Å²) in [5.74, 6) is 6.54. The van der Waals surface area contributed by atoms with E-state index in [-0.39, 0.29) is 6.04 Å². The van der Waals surface area contributed by atoms with Gasteiger partial charge in [0, 0.05) is 0 Å². The SMILES string of the molecule is CCCc1nnsc1C(NN)C1=CCCCO1. The molecule has 2 rings (SSSR count). The highest BCUT2D eigenvalue weighted by Gasteiger charge is 2.24. The summed E-state index contributed by atoms with van der Waals surface area (Å²) in [5.41, 5.74) is 3.83. The fourth-order valence-corrected chi connectivity index (χ4v) is 2.67. The van der Waals surface area contributed by atoms with Crippen LogP contribution in [0.4, 0.5) is 0 Å². The Labute approximate surface area is 105 Å². The molecule has 1 atom stereocenters. The van der Waals surface area contributed by atoms with Crippen LogP contribution in [0.5, 0.6) is 0 Å². The van der Waals surface area contributed by atoms with Crippen molar-refractivity contribution in [2.75, 3.05) is 6.61 Å². The highest BCUT2D eigenvalue weighted by Crippen LogP contribution is 2.29. The smallest absolute Gasteiger partial charge is 0.116 e. The molecule has 1 aromatic heterocycles. The van der Waals surface area contributed by atoms with E-state index in [1.54, 1.807) is 0 Å². The molecule has 0 spiro atoms. The van der Waals surface area contributed by atoms with Gasteiger partial charge >= 0.3 is 0 Å². The van der Waals surface area contributed by atoms with Crippen LogP contribution in [0.3, 0.4) is 0 Å². The number of nitrogens with zero attached hydrogens (tertiary/aromatic N) is 2. The van der Waals surface area contributed by atoms with Gasteiger partial charge in [0.25, 0.3) is 0 Å². The van der Waals surface area contributed by atoms with Gasteiger partial charge in [0.05, 0.1) is 17.2 Å². The molecule has 0 bridgehead atoms. The van der Waals surface area contributed by atoms with E-state index in [2.05, 4.69) is 28.0 Å². The number of nitrogens with two attached hydrogens (primary N) is 1. The highest BCUT2D eigenvalue weighted by molar-refractivity contribution is 7.05. The molecular formula is C11H18N4OS. The molecular weight excluding hydrogens is 236 g/mol. The number of aromatic nitrogens is 2. The van der Waals surface area contributed by atoms with Gasteiger partial charge in [0.15, 0.2) is 0 Å². The van der Waals surface area contributed by atoms with Crippen molar-refractivity contribution in [2.45, 2.75) is 38.6 Å². The predicted octanol–water partition coefficient (Wildman–Crippen LogP) is 1.69. The average molecular weight is 254 g/mol. The Morgan fingerprint density at radius 2 is 2.53 bits per heavy atom. The Balaban J connectivity index is 2.21. The van der Waals surface area contributed by atoms with E-state index in [0.717, 1.165) is 48.6 Å². The monoisotopic (exact) mass is 254 g/mol. The molecule has 3 N–H and O–H groups in total. The van der Waals surface area contributed by atoms with Crippen molar-refractivity contribution in [3.63, 3.8) is 0 Å². The van der Waals surface area contributed by atoms with Crippen molar-refractivity contribution < 1.29 is 4.74 Å². The fourth-order valence-electron chi connectivity index (χ4n) is 1.91. The number of allylic oxidation sites excluding steroid dienone is 1. The van der Waals surface area contributed by atoms with Crippen LogP contribution in [0.1, 0.15) is 42.8 Å². The van der Waals surface area contributed by atoms with Crippen LogP contribution in [0.2, 0.25) is 0 Å². The van der Waals surface area contributed by atoms with Gasteiger partial charge in [-0.1, -0.05) is 17.8 Å². The Morgan fingerprint density at radius 1 is 1.65 bits per heavy atom. The van der Waals surface area contributed by atoms with Crippen molar-refractivity contribution in [1.82, 2.24) is 15.0 Å². The van der Waals surface area contributed by atoms with Crippen LogP contribution < -0.4 is 11.3 Å². The Bertz CT molecular complexity index is 391. The summed E-state index contributed by atoms with van der Waals surface area (Å²) in [4.78, 5) is 1.07. The van der Waals surface area contributed by atoms with Gasteiger partial charge in [-0.05, 0) is 36.9 Å². The molecule has 1 aromatic rings. The molecule has 17 heavy (non-hydrogen) atoms. The van der Waals surface area contributed by atoms with Gasteiger partial charge in [-0.2, -0.15) is 0 Å². The lowest BCUT2D eigenvalue weighted by atomic mass is 10.1. The summed E-state index contributed by atoms with van der Waals surface area (Å²) in [7, 11) is 0. The van der Waals surface area contributed by atoms with E-state index < -0.39 is 0 Å². The first-order valence-corrected chi connectivity index (χ1v) is 6.74. The molecule has 0 saturated carbocycles. The van der Waals surface area contributed by atoms with Crippen LogP contribution >= 0.6 is 11.5 Å². The highest BCUT2D eigenvalue weighted by atomic mass is 32.1. The largest absolute Gasteiger partial charge is 0.496 e. The first-order chi connectivity index (χ1) is 8.36. The second kappa shape index (κ2) is 6.09. The molecule has 0 saturated heterocycles. The van der Waals surface area contributed by atoms with Gasteiger partial charge in [-0.3, -0.25) is 5.84 Å². The molecule has 0 aliphatic carbocycles. The van der Waals surface area contributed by atoms with Crippen LogP contribution in [0.15, 0.2) is 11.8 Å². The minimum atomic E-state index is -0.100. The normalized spacial score (nSPS) is 17.4. The Kier molecular flexibility index (Phi) is 4.47. The first-order valence-electron chi connectivity index (χ1n) is 5.97. The third-order valence-corrected chi connectivity index (χ3v) is 3.58. The number of aryl methyl sites for hydroxylation is 1. The van der Waals surface area contributed by atoms with Gasteiger partial charge < -0.3 is 4.74 Å². The van der Waals surface area contributed by atoms with E-state index in [1.807, 2.05) is 0 Å². The van der Waals surface area contributed by atoms with Crippen molar-refractivity contribution in [3.05, 3.63) is 22.4 Å². The van der Waals surface area contributed by atoms with E-state index in [0.29, 0.717) is 0 Å². The van der Waals surface area contributed by atoms with Gasteiger partial charge in [0.2, 0.25) is 0 Å². The molecule has 0 aromatic carbocycles. The zero-order valence-electron chi connectivity index (χ0n) is 9.98. The van der Waals surface area contributed by atoms with Crippen molar-refractivity contribution in [3.8, 4) is 0 Å². The van der Waals surface area contributed by atoms with E-state index >= 15 is 0 Å². The number of nitrogens with one attached hydrogen (secondary N) is 1. The molecule has 2 heterocycles. The molecule has 94 valence electrons. The summed E-state index contributed by atoms with van der Waals surface area (Å²) < 4.78 is 9.68. The van der Waals surface area contributed by atoms with E-state index in [1.165, 1.54) is 11.5 Å². The number of hydrazine groups is 1. The summed E-state index contributed by atoms with van der Waals surface area (Å²) in [6.07, 6.45) is 6.20. The Morgan fingerprint density at radius 3 is 3.18 bits per heavy atom. The number of hydrogen-bond acceptors (Lipinski definition) is 6. The Hall–Kier alpha value is -0.980. The maximum atomic E-state index is 5.66. The maximum Gasteiger partial charge on any atom is 0.116 e. The van der Waals surface area contributed by atoms with Crippen LogP contribution in [-0.4, -0.2) is 16.2 Å². The number of hydrogen-bond donors (Lipinski definition) is 2. The maximum absolute atomic E-state index is 5.66. The van der Waals surface area contributed by atoms with Crippen molar-refractivity contribution in [2.24, 2.45) is 5.84 Å². The third kappa shape index (κ3) is 2.83. The van der Waals surface area contributed by atoms with Crippen LogP contribution in [-0.2, 0) is 11.2 Å². The standard InChI is InChI=1S/C11H18N4OS/c1-2-5-8-11(17-15-14-8)10(13-12)9-6-3-4-7-16-9/h6,10,13H,2-5,7,12H2,1H3. The molecule has 6 heteroatoms. The first kappa shape index (κ1) is 12.5. The molecule has 1 aliphatic heterocycles. The lowest BCUT2D eigenvalue weighted by Crippen LogP contribution is -2.31. The number of ether oxygens (including phenoxy) is 1. The molecule has 1 unspecified atom stereocenters. The topological polar surface area (TPSA) is 73.1 Å². The summed E-state index contributed by atoms with van der Waals surface area (Å²) in [6, 6.07) is -0.100. The van der Waals surface area contributed by atoms with Gasteiger partial charge in [-0.15, -0.1) is 5.10 Å². The van der Waals surface area contributed by atoms with Gasteiger partial charge in [0.1, 0.15) is 11.8 Å². The lowest BCUT2D eigenvalue weighted by Gasteiger charge is -2.22. The van der Waals surface area contributed by atoms with Crippen LogP contribution in [0, 0.1) is 0 Å². The zero-order valence-corrected chi connectivity index (χ0v) is 10.8. The molecule has 5 nitrogen and oxygen atoms in total. The molecule has 0 radical (unpaired) electrons. The number of rotatable bonds is 5. The van der Waals surface area contributed by atoms with E-state index in [4.69, 9.17) is 10.6 Å². The van der Waals surface area contributed by atoms with Crippen molar-refractivity contribution in [1.29, 1.82) is 0 Å². The molecule has 0 fully saturated rings. The summed E-state index contributed by atoms with van der Waals surface area (Å²) in [5, 5.41) is 4.16. The predicted molar refractivity (Wildman–Crippen MR) is 67.2 cm³/mol. The third-order valence-electron chi connectivity index (χ3n) is 2.75. The second-order valence-electron chi connectivity index (χ2n) is 4.03. The quantitative estimate of drug-likeness (QED) is 0.618. The fraction of sp³-hybridized carbons (Fsp3) is 0.636. The lowest BCUT2D eigenvalue weighted by molar-refractivity contribution is 0.168. The van der Waals surface area contributed by atoms with E-state index in [9.17, 15) is 0 Å². The molecule has 0 amide bonds. The minimum absolute atomic E-state index is 0.100. The van der Waals surface area contributed by atoms with Crippen LogP contribution in [0.25, 0.3) is 0 Å². The summed E-state index contributed by atoms with van der Waals surface area (Å²) >= 11 is 1.39. The van der Waals surface area contributed by atoms with Gasteiger partial charge in [-0.25, -0.2) is 5.43 Å².